The van der Waals surface area contributed by atoms with E-state index in [0.29, 0.717) is 12.2 Å². The zero-order valence-electron chi connectivity index (χ0n) is 16.8. The number of carbonyl (C=O) groups excluding carboxylic acids is 1. The van der Waals surface area contributed by atoms with Crippen molar-refractivity contribution in [3.8, 4) is 11.5 Å². The van der Waals surface area contributed by atoms with Gasteiger partial charge in [0.05, 0.1) is 6.04 Å². The van der Waals surface area contributed by atoms with Gasteiger partial charge < -0.3 is 14.8 Å². The van der Waals surface area contributed by atoms with E-state index in [1.807, 2.05) is 57.2 Å². The van der Waals surface area contributed by atoms with E-state index in [1.165, 1.54) is 0 Å². The Morgan fingerprint density at radius 2 is 1.85 bits per heavy atom. The number of carbonyl (C=O) groups is 1. The highest BCUT2D eigenvalue weighted by Crippen LogP contribution is 2.40. The zero-order valence-corrected chi connectivity index (χ0v) is 16.8. The van der Waals surface area contributed by atoms with E-state index >= 15 is 0 Å². The molecule has 0 radical (unpaired) electrons. The van der Waals surface area contributed by atoms with Crippen molar-refractivity contribution in [1.82, 2.24) is 5.32 Å². The molecule has 1 aliphatic heterocycles. The van der Waals surface area contributed by atoms with E-state index in [1.54, 1.807) is 0 Å². The van der Waals surface area contributed by atoms with Crippen LogP contribution in [-0.2, 0) is 4.79 Å². The van der Waals surface area contributed by atoms with Crippen LogP contribution in [0.5, 0.6) is 11.5 Å². The Morgan fingerprint density at radius 3 is 2.52 bits per heavy atom. The van der Waals surface area contributed by atoms with E-state index in [9.17, 15) is 4.79 Å². The van der Waals surface area contributed by atoms with Crippen molar-refractivity contribution >= 4 is 5.91 Å². The van der Waals surface area contributed by atoms with Crippen molar-refractivity contribution in [2.75, 3.05) is 0 Å². The number of ether oxygens (including phenoxy) is 2. The Hall–Kier alpha value is -2.49. The molecule has 2 atom stereocenters. The van der Waals surface area contributed by atoms with Gasteiger partial charge in [-0.3, -0.25) is 4.79 Å². The average molecular weight is 367 g/mol. The minimum Gasteiger partial charge on any atom is -0.487 e. The van der Waals surface area contributed by atoms with Gasteiger partial charge in [0.1, 0.15) is 17.1 Å². The summed E-state index contributed by atoms with van der Waals surface area (Å²) < 4.78 is 12.0. The van der Waals surface area contributed by atoms with Crippen LogP contribution in [0.1, 0.15) is 56.3 Å². The predicted octanol–water partition coefficient (Wildman–Crippen LogP) is 4.88. The topological polar surface area (TPSA) is 47.6 Å². The number of aryl methyl sites for hydroxylation is 2. The minimum atomic E-state index is -0.521. The Labute approximate surface area is 161 Å². The first-order valence-electron chi connectivity index (χ1n) is 9.60. The van der Waals surface area contributed by atoms with Crippen molar-refractivity contribution in [1.29, 1.82) is 0 Å². The van der Waals surface area contributed by atoms with Crippen LogP contribution in [0.4, 0.5) is 0 Å². The lowest BCUT2D eigenvalue weighted by Crippen LogP contribution is -2.45. The number of nitrogens with one attached hydrogen (secondary N) is 1. The Balaban J connectivity index is 1.77. The summed E-state index contributed by atoms with van der Waals surface area (Å²) in [6.45, 7) is 10.1. The first kappa shape index (κ1) is 19.3. The number of amides is 1. The molecule has 0 saturated heterocycles. The number of fused-ring (bicyclic) bond motifs is 1. The van der Waals surface area contributed by atoms with Crippen LogP contribution >= 0.6 is 0 Å². The number of hydrogen-bond donors (Lipinski definition) is 1. The highest BCUT2D eigenvalue weighted by molar-refractivity contribution is 5.81. The van der Waals surface area contributed by atoms with Crippen molar-refractivity contribution in [2.24, 2.45) is 0 Å². The molecule has 1 N–H and O–H groups in total. The maximum Gasteiger partial charge on any atom is 0.261 e. The lowest BCUT2D eigenvalue weighted by atomic mass is 9.88. The van der Waals surface area contributed by atoms with E-state index in [-0.39, 0.29) is 17.6 Å². The van der Waals surface area contributed by atoms with E-state index in [0.717, 1.165) is 28.9 Å². The molecule has 1 amide bonds. The van der Waals surface area contributed by atoms with E-state index in [4.69, 9.17) is 9.47 Å². The van der Waals surface area contributed by atoms with Crippen molar-refractivity contribution < 1.29 is 14.3 Å². The van der Waals surface area contributed by atoms with Crippen LogP contribution in [0.2, 0.25) is 0 Å². The molecule has 2 aromatic carbocycles. The predicted molar refractivity (Wildman–Crippen MR) is 107 cm³/mol. The number of rotatable bonds is 5. The minimum absolute atomic E-state index is 0.0896. The SMILES string of the molecule is CC[C@@H](Oc1ccc(C)cc1)C(=O)N[C@@H]1CC(C)(C)Oc2ccc(C)cc21. The van der Waals surface area contributed by atoms with Gasteiger partial charge in [-0.2, -0.15) is 0 Å². The third-order valence-corrected chi connectivity index (χ3v) is 4.90. The summed E-state index contributed by atoms with van der Waals surface area (Å²) >= 11 is 0. The summed E-state index contributed by atoms with van der Waals surface area (Å²) in [7, 11) is 0. The fourth-order valence-corrected chi connectivity index (χ4v) is 3.47. The van der Waals surface area contributed by atoms with Gasteiger partial charge in [-0.05, 0) is 52.3 Å². The summed E-state index contributed by atoms with van der Waals surface area (Å²) in [5.41, 5.74) is 3.02. The van der Waals surface area contributed by atoms with Gasteiger partial charge >= 0.3 is 0 Å². The van der Waals surface area contributed by atoms with Gasteiger partial charge in [-0.1, -0.05) is 42.3 Å². The quantitative estimate of drug-likeness (QED) is 0.819. The summed E-state index contributed by atoms with van der Waals surface area (Å²) in [5.74, 6) is 1.47. The summed E-state index contributed by atoms with van der Waals surface area (Å²) in [6, 6.07) is 13.8. The standard InChI is InChI=1S/C23H29NO3/c1-6-20(26-17-10-7-15(2)8-11-17)22(25)24-19-14-23(4,5)27-21-12-9-16(3)13-18(19)21/h7-13,19-20H,6,14H2,1-5H3,(H,24,25)/t19-,20-/m1/s1. The monoisotopic (exact) mass is 367 g/mol. The van der Waals surface area contributed by atoms with Crippen molar-refractivity contribution in [3.05, 3.63) is 59.2 Å². The molecule has 144 valence electrons. The molecule has 3 rings (SSSR count). The van der Waals surface area contributed by atoms with Crippen LogP contribution in [0.3, 0.4) is 0 Å². The fraction of sp³-hybridized carbons (Fsp3) is 0.435. The molecule has 4 nitrogen and oxygen atoms in total. The third kappa shape index (κ3) is 4.62. The lowest BCUT2D eigenvalue weighted by Gasteiger charge is -2.38. The second-order valence-electron chi connectivity index (χ2n) is 8.00. The number of hydrogen-bond acceptors (Lipinski definition) is 3. The van der Waals surface area contributed by atoms with Crippen LogP contribution in [0.25, 0.3) is 0 Å². The van der Waals surface area contributed by atoms with Crippen LogP contribution in [0.15, 0.2) is 42.5 Å². The Kier molecular flexibility index (Phi) is 5.45. The summed E-state index contributed by atoms with van der Waals surface area (Å²) in [6.07, 6.45) is 0.801. The molecule has 0 bridgehead atoms. The molecule has 0 fully saturated rings. The average Bonchev–Trinajstić information content (AvgIpc) is 2.61. The van der Waals surface area contributed by atoms with Crippen molar-refractivity contribution in [3.63, 3.8) is 0 Å². The van der Waals surface area contributed by atoms with Crippen LogP contribution in [0, 0.1) is 13.8 Å². The van der Waals surface area contributed by atoms with E-state index in [2.05, 4.69) is 25.2 Å². The Bertz CT molecular complexity index is 811. The smallest absolute Gasteiger partial charge is 0.261 e. The van der Waals surface area contributed by atoms with Crippen molar-refractivity contribution in [2.45, 2.75) is 65.2 Å². The lowest BCUT2D eigenvalue weighted by molar-refractivity contribution is -0.129. The molecular formula is C23H29NO3. The number of benzene rings is 2. The summed E-state index contributed by atoms with van der Waals surface area (Å²) in [4.78, 5) is 12.9. The molecule has 0 aromatic heterocycles. The van der Waals surface area contributed by atoms with Gasteiger partial charge in [0, 0.05) is 12.0 Å². The van der Waals surface area contributed by atoms with Gasteiger partial charge in [-0.25, -0.2) is 0 Å². The maximum absolute atomic E-state index is 12.9. The molecule has 4 heteroatoms. The van der Waals surface area contributed by atoms with Crippen LogP contribution in [-0.4, -0.2) is 17.6 Å². The summed E-state index contributed by atoms with van der Waals surface area (Å²) in [5, 5.41) is 3.20. The molecular weight excluding hydrogens is 338 g/mol. The Morgan fingerprint density at radius 1 is 1.19 bits per heavy atom. The maximum atomic E-state index is 12.9. The fourth-order valence-electron chi connectivity index (χ4n) is 3.47. The molecule has 0 aliphatic carbocycles. The highest BCUT2D eigenvalue weighted by Gasteiger charge is 2.35. The zero-order chi connectivity index (χ0) is 19.6. The molecule has 0 unspecified atom stereocenters. The second kappa shape index (κ2) is 7.63. The second-order valence-corrected chi connectivity index (χ2v) is 8.00. The van der Waals surface area contributed by atoms with Gasteiger partial charge in [0.2, 0.25) is 0 Å². The first-order chi connectivity index (χ1) is 12.8. The molecule has 1 heterocycles. The van der Waals surface area contributed by atoms with E-state index < -0.39 is 6.10 Å². The molecule has 2 aromatic rings. The third-order valence-electron chi connectivity index (χ3n) is 4.90. The first-order valence-corrected chi connectivity index (χ1v) is 9.60. The highest BCUT2D eigenvalue weighted by atomic mass is 16.5. The molecule has 1 aliphatic rings. The molecule has 27 heavy (non-hydrogen) atoms. The van der Waals surface area contributed by atoms with Gasteiger partial charge in [0.25, 0.3) is 5.91 Å². The van der Waals surface area contributed by atoms with Gasteiger partial charge in [0.15, 0.2) is 6.10 Å². The molecule has 0 spiro atoms. The largest absolute Gasteiger partial charge is 0.487 e. The van der Waals surface area contributed by atoms with Crippen LogP contribution < -0.4 is 14.8 Å². The van der Waals surface area contributed by atoms with Gasteiger partial charge in [-0.15, -0.1) is 0 Å². The normalized spacial score (nSPS) is 18.8. The molecule has 0 saturated carbocycles.